The first-order chi connectivity index (χ1) is 6.59. The van der Waals surface area contributed by atoms with Crippen LogP contribution in [0.25, 0.3) is 0 Å². The van der Waals surface area contributed by atoms with E-state index in [9.17, 15) is 4.79 Å². The lowest BCUT2D eigenvalue weighted by atomic mass is 10.1. The number of fused-ring (bicyclic) bond motifs is 1. The Bertz CT molecular complexity index is 382. The number of Topliss-reactive ketones (excluding diaryl/α,β-unsaturated/α-hetero) is 1. The molecular formula is C10H13ClN2O. The lowest BCUT2D eigenvalue weighted by Crippen LogP contribution is -2.21. The van der Waals surface area contributed by atoms with Crippen LogP contribution in [0.3, 0.4) is 0 Å². The van der Waals surface area contributed by atoms with Crippen LogP contribution in [-0.2, 0) is 17.8 Å². The molecule has 1 aliphatic heterocycles. The van der Waals surface area contributed by atoms with Crippen LogP contribution in [0.15, 0.2) is 0 Å². The Morgan fingerprint density at radius 2 is 2.14 bits per heavy atom. The minimum atomic E-state index is 0.272. The van der Waals surface area contributed by atoms with Gasteiger partial charge in [0.05, 0.1) is 12.2 Å². The van der Waals surface area contributed by atoms with E-state index in [1.54, 1.807) is 0 Å². The summed E-state index contributed by atoms with van der Waals surface area (Å²) in [5.41, 5.74) is 1.02. The maximum absolute atomic E-state index is 11.3. The van der Waals surface area contributed by atoms with Crippen molar-refractivity contribution in [1.29, 1.82) is 0 Å². The zero-order valence-electron chi connectivity index (χ0n) is 8.38. The minimum Gasteiger partial charge on any atom is -0.323 e. The van der Waals surface area contributed by atoms with E-state index in [4.69, 9.17) is 11.6 Å². The summed E-state index contributed by atoms with van der Waals surface area (Å²) in [7, 11) is 0. The second-order valence-electron chi connectivity index (χ2n) is 3.99. The summed E-state index contributed by atoms with van der Waals surface area (Å²) in [5, 5.41) is 0.571. The Kier molecular flexibility index (Phi) is 2.35. The van der Waals surface area contributed by atoms with Gasteiger partial charge in [-0.3, -0.25) is 4.79 Å². The van der Waals surface area contributed by atoms with Crippen molar-refractivity contribution < 1.29 is 4.79 Å². The number of hydrogen-bond donors (Lipinski definition) is 0. The van der Waals surface area contributed by atoms with Gasteiger partial charge in [0.2, 0.25) is 0 Å². The highest BCUT2D eigenvalue weighted by atomic mass is 35.5. The number of rotatable bonds is 1. The largest absolute Gasteiger partial charge is 0.323 e. The number of aromatic nitrogens is 2. The van der Waals surface area contributed by atoms with E-state index in [-0.39, 0.29) is 5.78 Å². The monoisotopic (exact) mass is 212 g/mol. The highest BCUT2D eigenvalue weighted by molar-refractivity contribution is 6.30. The van der Waals surface area contributed by atoms with Crippen LogP contribution in [0.2, 0.25) is 5.15 Å². The van der Waals surface area contributed by atoms with Gasteiger partial charge >= 0.3 is 0 Å². The Hall–Kier alpha value is -0.830. The first kappa shape index (κ1) is 9.71. The molecule has 0 unspecified atom stereocenters. The molecule has 0 N–H and O–H groups in total. The summed E-state index contributed by atoms with van der Waals surface area (Å²) in [5.74, 6) is 1.51. The van der Waals surface area contributed by atoms with E-state index in [1.165, 1.54) is 0 Å². The molecule has 0 bridgehead atoms. The van der Waals surface area contributed by atoms with Gasteiger partial charge in [0.25, 0.3) is 0 Å². The van der Waals surface area contributed by atoms with Crippen LogP contribution >= 0.6 is 11.6 Å². The molecule has 0 atom stereocenters. The predicted molar refractivity (Wildman–Crippen MR) is 54.7 cm³/mol. The van der Waals surface area contributed by atoms with Crippen LogP contribution < -0.4 is 0 Å². The molecule has 1 aromatic rings. The van der Waals surface area contributed by atoms with Gasteiger partial charge in [-0.05, 0) is 6.42 Å². The summed E-state index contributed by atoms with van der Waals surface area (Å²) >= 11 is 6.01. The fraction of sp³-hybridized carbons (Fsp3) is 0.600. The molecule has 1 aliphatic rings. The van der Waals surface area contributed by atoms with Crippen LogP contribution in [-0.4, -0.2) is 15.3 Å². The van der Waals surface area contributed by atoms with Gasteiger partial charge in [0.1, 0.15) is 5.82 Å². The lowest BCUT2D eigenvalue weighted by molar-refractivity contribution is -0.120. The summed E-state index contributed by atoms with van der Waals surface area (Å²) in [4.78, 5) is 15.6. The van der Waals surface area contributed by atoms with Gasteiger partial charge in [-0.25, -0.2) is 4.98 Å². The molecule has 0 aliphatic carbocycles. The van der Waals surface area contributed by atoms with Gasteiger partial charge in [0, 0.05) is 12.3 Å². The molecule has 1 aromatic heterocycles. The molecule has 0 spiro atoms. The lowest BCUT2D eigenvalue weighted by Gasteiger charge is -2.17. The first-order valence-electron chi connectivity index (χ1n) is 4.86. The average molecular weight is 213 g/mol. The molecular weight excluding hydrogens is 200 g/mol. The third kappa shape index (κ3) is 1.46. The number of carbonyl (C=O) groups excluding carboxylic acids is 1. The van der Waals surface area contributed by atoms with Crippen molar-refractivity contribution in [2.45, 2.75) is 39.2 Å². The zero-order valence-corrected chi connectivity index (χ0v) is 9.14. The van der Waals surface area contributed by atoms with Gasteiger partial charge < -0.3 is 4.57 Å². The molecule has 76 valence electrons. The SMILES string of the molecule is CC(C)c1nc(Cl)c2n1CC(=O)CC2. The topological polar surface area (TPSA) is 34.9 Å². The summed E-state index contributed by atoms with van der Waals surface area (Å²) < 4.78 is 1.97. The summed E-state index contributed by atoms with van der Waals surface area (Å²) in [6.45, 7) is 4.57. The molecule has 3 nitrogen and oxygen atoms in total. The Balaban J connectivity index is 2.50. The number of halogens is 1. The number of hydrogen-bond acceptors (Lipinski definition) is 2. The molecule has 2 rings (SSSR count). The van der Waals surface area contributed by atoms with Gasteiger partial charge in [-0.15, -0.1) is 0 Å². The van der Waals surface area contributed by atoms with Gasteiger partial charge in [-0.1, -0.05) is 25.4 Å². The Morgan fingerprint density at radius 3 is 2.79 bits per heavy atom. The van der Waals surface area contributed by atoms with E-state index in [0.717, 1.165) is 17.9 Å². The smallest absolute Gasteiger partial charge is 0.152 e. The second-order valence-corrected chi connectivity index (χ2v) is 4.35. The first-order valence-corrected chi connectivity index (χ1v) is 5.24. The molecule has 0 saturated heterocycles. The third-order valence-corrected chi connectivity index (χ3v) is 2.85. The van der Waals surface area contributed by atoms with Gasteiger partial charge in [0.15, 0.2) is 10.9 Å². The Labute approximate surface area is 88.1 Å². The van der Waals surface area contributed by atoms with Crippen LogP contribution in [0.1, 0.15) is 37.7 Å². The van der Waals surface area contributed by atoms with E-state index in [1.807, 2.05) is 4.57 Å². The minimum absolute atomic E-state index is 0.272. The molecule has 0 radical (unpaired) electrons. The third-order valence-electron chi connectivity index (χ3n) is 2.54. The van der Waals surface area contributed by atoms with Crippen LogP contribution in [0.4, 0.5) is 0 Å². The Morgan fingerprint density at radius 1 is 1.43 bits per heavy atom. The zero-order chi connectivity index (χ0) is 10.3. The van der Waals surface area contributed by atoms with E-state index in [0.29, 0.717) is 24.0 Å². The molecule has 14 heavy (non-hydrogen) atoms. The van der Waals surface area contributed by atoms with E-state index in [2.05, 4.69) is 18.8 Å². The molecule has 0 saturated carbocycles. The number of carbonyl (C=O) groups is 1. The van der Waals surface area contributed by atoms with Crippen molar-refractivity contribution in [2.24, 2.45) is 0 Å². The van der Waals surface area contributed by atoms with Crippen molar-refractivity contribution in [1.82, 2.24) is 9.55 Å². The highest BCUT2D eigenvalue weighted by Crippen LogP contribution is 2.26. The summed E-state index contributed by atoms with van der Waals surface area (Å²) in [6.07, 6.45) is 1.33. The van der Waals surface area contributed by atoms with E-state index >= 15 is 0 Å². The maximum Gasteiger partial charge on any atom is 0.152 e. The van der Waals surface area contributed by atoms with Crippen molar-refractivity contribution in [2.75, 3.05) is 0 Å². The fourth-order valence-electron chi connectivity index (χ4n) is 1.84. The van der Waals surface area contributed by atoms with Crippen molar-refractivity contribution in [3.8, 4) is 0 Å². The molecule has 0 fully saturated rings. The molecule has 2 heterocycles. The standard InChI is InChI=1S/C10H13ClN2O/c1-6(2)10-12-9(11)8-4-3-7(14)5-13(8)10/h6H,3-5H2,1-2H3. The fourth-order valence-corrected chi connectivity index (χ4v) is 2.13. The molecule has 0 amide bonds. The predicted octanol–water partition coefficient (Wildman–Crippen LogP) is 2.18. The van der Waals surface area contributed by atoms with E-state index < -0.39 is 0 Å². The van der Waals surface area contributed by atoms with Gasteiger partial charge in [-0.2, -0.15) is 0 Å². The number of ketones is 1. The maximum atomic E-state index is 11.3. The number of imidazole rings is 1. The number of nitrogens with zero attached hydrogens (tertiary/aromatic N) is 2. The van der Waals surface area contributed by atoms with Crippen LogP contribution in [0.5, 0.6) is 0 Å². The quantitative estimate of drug-likeness (QED) is 0.715. The average Bonchev–Trinajstić information content (AvgIpc) is 2.43. The van der Waals surface area contributed by atoms with Crippen LogP contribution in [0, 0.1) is 0 Å². The normalized spacial score (nSPS) is 16.1. The molecule has 0 aromatic carbocycles. The van der Waals surface area contributed by atoms with Crippen molar-refractivity contribution in [3.63, 3.8) is 0 Å². The second kappa shape index (κ2) is 3.39. The highest BCUT2D eigenvalue weighted by Gasteiger charge is 2.23. The summed E-state index contributed by atoms with van der Waals surface area (Å²) in [6, 6.07) is 0. The molecule has 4 heteroatoms. The van der Waals surface area contributed by atoms with Crippen molar-refractivity contribution in [3.05, 3.63) is 16.7 Å². The van der Waals surface area contributed by atoms with Crippen molar-refractivity contribution >= 4 is 17.4 Å².